The molecule has 2 aromatic rings. The van der Waals surface area contributed by atoms with Crippen LogP contribution in [0.3, 0.4) is 0 Å². The third kappa shape index (κ3) is 3.63. The van der Waals surface area contributed by atoms with E-state index < -0.39 is 0 Å². The molecule has 88 valence electrons. The van der Waals surface area contributed by atoms with E-state index in [9.17, 15) is 0 Å². The molecule has 0 fully saturated rings. The maximum atomic E-state index is 5.88. The van der Waals surface area contributed by atoms with E-state index in [1.165, 1.54) is 10.5 Å². The van der Waals surface area contributed by atoms with Gasteiger partial charge in [0.1, 0.15) is 5.15 Å². The molecule has 0 spiro atoms. The number of thioether (sulfide) groups is 1. The van der Waals surface area contributed by atoms with Crippen LogP contribution in [0, 0.1) is 6.92 Å². The molecule has 1 aromatic heterocycles. The fraction of sp³-hybridized carbons (Fsp3) is 0.154. The van der Waals surface area contributed by atoms with Crippen molar-refractivity contribution in [2.24, 2.45) is 0 Å². The molecule has 0 bridgehead atoms. The van der Waals surface area contributed by atoms with Crippen LogP contribution in [-0.4, -0.2) is 4.98 Å². The van der Waals surface area contributed by atoms with Crippen molar-refractivity contribution >= 4 is 35.0 Å². The van der Waals surface area contributed by atoms with Gasteiger partial charge in [-0.1, -0.05) is 35.3 Å². The van der Waals surface area contributed by atoms with Crippen molar-refractivity contribution in [3.8, 4) is 0 Å². The number of hydrogen-bond acceptors (Lipinski definition) is 2. The molecule has 0 aliphatic carbocycles. The van der Waals surface area contributed by atoms with Gasteiger partial charge in [0.2, 0.25) is 0 Å². The average Bonchev–Trinajstić information content (AvgIpc) is 2.32. The van der Waals surface area contributed by atoms with Crippen molar-refractivity contribution in [3.63, 3.8) is 0 Å². The van der Waals surface area contributed by atoms with Crippen LogP contribution in [0.2, 0.25) is 10.2 Å². The SMILES string of the molecule is Cc1cnc(Cl)cc1SCc1ccc(Cl)cc1. The summed E-state index contributed by atoms with van der Waals surface area (Å²) in [6, 6.07) is 9.78. The Morgan fingerprint density at radius 1 is 1.18 bits per heavy atom. The highest BCUT2D eigenvalue weighted by molar-refractivity contribution is 7.98. The Bertz CT molecular complexity index is 511. The van der Waals surface area contributed by atoms with Gasteiger partial charge in [-0.15, -0.1) is 11.8 Å². The molecule has 0 aliphatic heterocycles. The van der Waals surface area contributed by atoms with E-state index in [1.807, 2.05) is 37.3 Å². The predicted octanol–water partition coefficient (Wildman–Crippen LogP) is 4.99. The lowest BCUT2D eigenvalue weighted by Crippen LogP contribution is -1.85. The lowest BCUT2D eigenvalue weighted by atomic mass is 10.2. The maximum Gasteiger partial charge on any atom is 0.130 e. The first-order valence-corrected chi connectivity index (χ1v) is 6.89. The minimum atomic E-state index is 0.536. The third-order valence-electron chi connectivity index (χ3n) is 2.33. The van der Waals surface area contributed by atoms with E-state index in [-0.39, 0.29) is 0 Å². The summed E-state index contributed by atoms with van der Waals surface area (Å²) in [6.07, 6.45) is 1.80. The molecule has 0 amide bonds. The van der Waals surface area contributed by atoms with Crippen LogP contribution < -0.4 is 0 Å². The van der Waals surface area contributed by atoms with E-state index >= 15 is 0 Å². The van der Waals surface area contributed by atoms with Gasteiger partial charge in [0.05, 0.1) is 0 Å². The summed E-state index contributed by atoms with van der Waals surface area (Å²) in [5.41, 5.74) is 2.39. The van der Waals surface area contributed by atoms with Crippen LogP contribution in [0.1, 0.15) is 11.1 Å². The van der Waals surface area contributed by atoms with E-state index in [2.05, 4.69) is 4.98 Å². The summed E-state index contributed by atoms with van der Waals surface area (Å²) in [5, 5.41) is 1.30. The summed E-state index contributed by atoms with van der Waals surface area (Å²) in [4.78, 5) is 5.21. The summed E-state index contributed by atoms with van der Waals surface area (Å²) in [6.45, 7) is 2.04. The molecule has 1 nitrogen and oxygen atoms in total. The first-order valence-electron chi connectivity index (χ1n) is 5.14. The van der Waals surface area contributed by atoms with Crippen molar-refractivity contribution in [2.75, 3.05) is 0 Å². The molecule has 1 aromatic carbocycles. The lowest BCUT2D eigenvalue weighted by molar-refractivity contribution is 1.18. The quantitative estimate of drug-likeness (QED) is 0.581. The van der Waals surface area contributed by atoms with Crippen molar-refractivity contribution in [1.29, 1.82) is 0 Å². The molecule has 2 rings (SSSR count). The molecule has 0 saturated carbocycles. The Kier molecular flexibility index (Phi) is 4.32. The van der Waals surface area contributed by atoms with Crippen LogP contribution in [0.5, 0.6) is 0 Å². The molecule has 0 unspecified atom stereocenters. The largest absolute Gasteiger partial charge is 0.244 e. The van der Waals surface area contributed by atoms with Crippen LogP contribution in [0.4, 0.5) is 0 Å². The number of aryl methyl sites for hydroxylation is 1. The molecular weight excluding hydrogens is 273 g/mol. The summed E-state index contributed by atoms with van der Waals surface area (Å²) >= 11 is 13.5. The van der Waals surface area contributed by atoms with E-state index in [1.54, 1.807) is 18.0 Å². The smallest absolute Gasteiger partial charge is 0.130 e. The highest BCUT2D eigenvalue weighted by Crippen LogP contribution is 2.27. The minimum Gasteiger partial charge on any atom is -0.244 e. The van der Waals surface area contributed by atoms with Crippen LogP contribution in [-0.2, 0) is 5.75 Å². The number of aromatic nitrogens is 1. The van der Waals surface area contributed by atoms with Gasteiger partial charge in [0.15, 0.2) is 0 Å². The van der Waals surface area contributed by atoms with Crippen LogP contribution in [0.15, 0.2) is 41.4 Å². The molecule has 17 heavy (non-hydrogen) atoms. The molecule has 1 heterocycles. The van der Waals surface area contributed by atoms with Crippen molar-refractivity contribution in [2.45, 2.75) is 17.6 Å². The third-order valence-corrected chi connectivity index (χ3v) is 4.02. The predicted molar refractivity (Wildman–Crippen MR) is 75.0 cm³/mol. The fourth-order valence-electron chi connectivity index (χ4n) is 1.38. The van der Waals surface area contributed by atoms with Gasteiger partial charge in [-0.3, -0.25) is 0 Å². The molecule has 0 aliphatic rings. The molecular formula is C13H11Cl2NS. The fourth-order valence-corrected chi connectivity index (χ4v) is 2.72. The van der Waals surface area contributed by atoms with E-state index in [0.29, 0.717) is 5.15 Å². The Morgan fingerprint density at radius 2 is 1.88 bits per heavy atom. The minimum absolute atomic E-state index is 0.536. The van der Waals surface area contributed by atoms with Gasteiger partial charge in [-0.25, -0.2) is 4.98 Å². The summed E-state index contributed by atoms with van der Waals surface area (Å²) in [5.74, 6) is 0.901. The Labute approximate surface area is 115 Å². The normalized spacial score (nSPS) is 10.5. The summed E-state index contributed by atoms with van der Waals surface area (Å²) in [7, 11) is 0. The monoisotopic (exact) mass is 283 g/mol. The maximum absolute atomic E-state index is 5.88. The van der Waals surface area contributed by atoms with Gasteiger partial charge in [-0.2, -0.15) is 0 Å². The van der Waals surface area contributed by atoms with Gasteiger partial charge < -0.3 is 0 Å². The average molecular weight is 284 g/mol. The van der Waals surface area contributed by atoms with E-state index in [4.69, 9.17) is 23.2 Å². The zero-order valence-electron chi connectivity index (χ0n) is 9.28. The highest BCUT2D eigenvalue weighted by Gasteiger charge is 2.02. The van der Waals surface area contributed by atoms with E-state index in [0.717, 1.165) is 16.3 Å². The van der Waals surface area contributed by atoms with Gasteiger partial charge in [0.25, 0.3) is 0 Å². The highest BCUT2D eigenvalue weighted by atomic mass is 35.5. The van der Waals surface area contributed by atoms with Crippen molar-refractivity contribution in [3.05, 3.63) is 57.8 Å². The number of pyridine rings is 1. The van der Waals surface area contributed by atoms with Gasteiger partial charge in [0, 0.05) is 21.9 Å². The zero-order valence-corrected chi connectivity index (χ0v) is 11.6. The standard InChI is InChI=1S/C13H11Cl2NS/c1-9-7-16-13(15)6-12(9)17-8-10-2-4-11(14)5-3-10/h2-7H,8H2,1H3. The van der Waals surface area contributed by atoms with Gasteiger partial charge in [-0.05, 0) is 36.2 Å². The second kappa shape index (κ2) is 5.76. The topological polar surface area (TPSA) is 12.9 Å². The first kappa shape index (κ1) is 12.7. The second-order valence-corrected chi connectivity index (χ2v) is 5.53. The van der Waals surface area contributed by atoms with Gasteiger partial charge >= 0.3 is 0 Å². The second-order valence-electron chi connectivity index (χ2n) is 3.69. The first-order chi connectivity index (χ1) is 8.15. The lowest BCUT2D eigenvalue weighted by Gasteiger charge is -2.05. The summed E-state index contributed by atoms with van der Waals surface area (Å²) < 4.78 is 0. The van der Waals surface area contributed by atoms with Crippen molar-refractivity contribution < 1.29 is 0 Å². The number of nitrogens with zero attached hydrogens (tertiary/aromatic N) is 1. The van der Waals surface area contributed by atoms with Crippen LogP contribution >= 0.6 is 35.0 Å². The molecule has 4 heteroatoms. The number of benzene rings is 1. The number of halogens is 2. The van der Waals surface area contributed by atoms with Crippen molar-refractivity contribution in [1.82, 2.24) is 4.98 Å². The molecule has 0 radical (unpaired) electrons. The number of hydrogen-bond donors (Lipinski definition) is 0. The zero-order chi connectivity index (χ0) is 12.3. The number of rotatable bonds is 3. The Hall–Kier alpha value is -0.700. The Balaban J connectivity index is 2.07. The molecule has 0 saturated heterocycles. The Morgan fingerprint density at radius 3 is 2.59 bits per heavy atom. The molecule has 0 atom stereocenters. The van der Waals surface area contributed by atoms with Crippen LogP contribution in [0.25, 0.3) is 0 Å². The molecule has 0 N–H and O–H groups in total.